The van der Waals surface area contributed by atoms with Gasteiger partial charge in [0, 0.05) is 31.1 Å². The second kappa shape index (κ2) is 13.8. The Kier molecular flexibility index (Phi) is 9.96. The first-order chi connectivity index (χ1) is 22.9. The first-order valence-electron chi connectivity index (χ1n) is 14.0. The lowest BCUT2D eigenvalue weighted by molar-refractivity contribution is -0.171. The number of hydrogen-bond acceptors (Lipinski definition) is 14. The molecule has 0 radical (unpaired) electrons. The zero-order valence-corrected chi connectivity index (χ0v) is 27.2. The van der Waals surface area contributed by atoms with Gasteiger partial charge in [0.05, 0.1) is 4.21 Å². The van der Waals surface area contributed by atoms with E-state index < -0.39 is 75.8 Å². The Morgan fingerprint density at radius 1 is 1.08 bits per heavy atom. The fraction of sp³-hybridized carbons (Fsp3) is 0.333. The van der Waals surface area contributed by atoms with Crippen LogP contribution in [0.4, 0.5) is 4.79 Å². The number of carboxylic acid groups (broad SMARTS) is 2. The number of aromatic hydroxyl groups is 1. The molecule has 18 nitrogen and oxygen atoms in total. The van der Waals surface area contributed by atoms with Gasteiger partial charge >= 0.3 is 29.8 Å². The van der Waals surface area contributed by atoms with E-state index in [9.17, 15) is 54.1 Å². The van der Waals surface area contributed by atoms with Crippen LogP contribution in [0.5, 0.6) is 5.88 Å². The number of hydrogen-bond donors (Lipinski definition) is 7. The lowest BCUT2D eigenvalue weighted by Gasteiger charge is -2.56. The fourth-order valence-corrected chi connectivity index (χ4v) is 8.70. The number of carbonyl (C=O) groups is 7. The molecule has 3 aliphatic rings. The number of nitrogens with one attached hydrogen (secondary N) is 3. The van der Waals surface area contributed by atoms with E-state index in [1.807, 2.05) is 0 Å². The van der Waals surface area contributed by atoms with Gasteiger partial charge in [-0.3, -0.25) is 29.0 Å². The highest BCUT2D eigenvalue weighted by Gasteiger charge is 2.66. The molecule has 0 spiro atoms. The zero-order chi connectivity index (χ0) is 34.9. The van der Waals surface area contributed by atoms with Gasteiger partial charge in [0.25, 0.3) is 5.91 Å². The summed E-state index contributed by atoms with van der Waals surface area (Å²) in [6.07, 6.45) is 0. The summed E-state index contributed by atoms with van der Waals surface area (Å²) in [7, 11) is 0. The number of thioether (sulfide) groups is 2. The van der Waals surface area contributed by atoms with Crippen molar-refractivity contribution >= 4 is 76.7 Å². The van der Waals surface area contributed by atoms with Crippen molar-refractivity contribution in [1.29, 1.82) is 0 Å². The number of aromatic carboxylic acids is 1. The highest BCUT2D eigenvalue weighted by Crippen LogP contribution is 2.46. The molecule has 7 N–H and O–H groups in total. The number of aliphatic carboxylic acids is 1. The van der Waals surface area contributed by atoms with E-state index in [2.05, 4.69) is 15.0 Å². The number of nitrogens with zero attached hydrogens (tertiary/aromatic N) is 4. The van der Waals surface area contributed by atoms with Crippen molar-refractivity contribution in [2.45, 2.75) is 28.2 Å². The number of benzene rings is 1. The Bertz CT molecular complexity index is 1740. The molecule has 0 aliphatic carbocycles. The summed E-state index contributed by atoms with van der Waals surface area (Å²) in [5, 5.41) is 43.0. The normalized spacial score (nSPS) is 21.4. The Morgan fingerprint density at radius 3 is 2.42 bits per heavy atom. The van der Waals surface area contributed by atoms with Crippen LogP contribution >= 0.6 is 35.1 Å². The summed E-state index contributed by atoms with van der Waals surface area (Å²) in [4.78, 5) is 92.3. The van der Waals surface area contributed by atoms with Crippen LogP contribution in [-0.4, -0.2) is 123 Å². The number of hydroxylamine groups is 1. The fourth-order valence-electron chi connectivity index (χ4n) is 5.26. The molecule has 1 unspecified atom stereocenters. The summed E-state index contributed by atoms with van der Waals surface area (Å²) >= 11 is 2.60. The molecular weight excluding hydrogens is 695 g/mol. The van der Waals surface area contributed by atoms with Crippen LogP contribution < -0.4 is 16.1 Å². The SMILES string of the molecule is CCN1CCN(C(=O)NC(C(=O)N[C@]2(NO)C(=O)N3C(C(=O)O)=C(CSc4snc(O)c4C(=O)O)CS[C@@H]32)c2ccccc2)C(=O)C1=O. The molecule has 4 heterocycles. The predicted octanol–water partition coefficient (Wildman–Crippen LogP) is -0.174. The van der Waals surface area contributed by atoms with Crippen molar-refractivity contribution in [1.82, 2.24) is 35.2 Å². The van der Waals surface area contributed by atoms with Gasteiger partial charge < -0.3 is 36.1 Å². The standard InChI is InChI=1S/C27H27N7O11S3/c1-2-32-8-9-33(20(38)19(32)37)26(44)28-15(12-6-4-3-5-7-12)18(36)29-27(31-45)24(43)34-16(22(41)42)13(11-47-25(27)34)10-46-23-14(21(39)40)17(35)30-48-23/h3-7,15,25,31,45H,2,8-11H2,1H3,(H,28,44)(H,29,36)(H,30,35)(H,39,40)(H,41,42)/t15?,25-,27+/m1/s1. The van der Waals surface area contributed by atoms with Gasteiger partial charge in [0.2, 0.25) is 17.5 Å². The summed E-state index contributed by atoms with van der Waals surface area (Å²) in [5.41, 5.74) is -0.862. The molecule has 254 valence electrons. The molecule has 6 amide bonds. The van der Waals surface area contributed by atoms with Gasteiger partial charge in [-0.05, 0) is 29.6 Å². The zero-order valence-electron chi connectivity index (χ0n) is 24.7. The molecule has 0 bridgehead atoms. The summed E-state index contributed by atoms with van der Waals surface area (Å²) < 4.78 is 3.73. The number of β-lactam (4-membered cyclic amide) rings is 1. The van der Waals surface area contributed by atoms with Gasteiger partial charge in [-0.1, -0.05) is 30.3 Å². The van der Waals surface area contributed by atoms with Crippen LogP contribution in [0, 0.1) is 0 Å². The van der Waals surface area contributed by atoms with Crippen molar-refractivity contribution in [3.05, 3.63) is 52.7 Å². The second-order valence-corrected chi connectivity index (χ2v) is 13.5. The second-order valence-electron chi connectivity index (χ2n) is 10.4. The smallest absolute Gasteiger partial charge is 0.352 e. The number of imide groups is 1. The van der Waals surface area contributed by atoms with E-state index in [1.165, 1.54) is 17.0 Å². The largest absolute Gasteiger partial charge is 0.492 e. The molecule has 5 rings (SSSR count). The number of aromatic nitrogens is 1. The number of amides is 6. The topological polar surface area (TPSA) is 259 Å². The van der Waals surface area contributed by atoms with E-state index in [4.69, 9.17) is 0 Å². The molecule has 2 aromatic rings. The summed E-state index contributed by atoms with van der Waals surface area (Å²) in [6, 6.07) is 5.18. The van der Waals surface area contributed by atoms with E-state index >= 15 is 0 Å². The van der Waals surface area contributed by atoms with Crippen molar-refractivity contribution in [3.63, 3.8) is 0 Å². The van der Waals surface area contributed by atoms with Crippen LogP contribution in [0.25, 0.3) is 0 Å². The molecule has 48 heavy (non-hydrogen) atoms. The van der Waals surface area contributed by atoms with E-state index in [0.717, 1.165) is 28.4 Å². The van der Waals surface area contributed by atoms with E-state index in [0.29, 0.717) is 16.4 Å². The first kappa shape index (κ1) is 34.6. The van der Waals surface area contributed by atoms with Crippen LogP contribution in [0.15, 0.2) is 45.8 Å². The quantitative estimate of drug-likeness (QED) is 0.0522. The van der Waals surface area contributed by atoms with Gasteiger partial charge in [-0.25, -0.2) is 14.4 Å². The number of fused-ring (bicyclic) bond motifs is 1. The molecule has 2 fully saturated rings. The molecule has 1 aromatic carbocycles. The van der Waals surface area contributed by atoms with E-state index in [1.54, 1.807) is 30.6 Å². The van der Waals surface area contributed by atoms with Gasteiger partial charge in [0.1, 0.15) is 22.7 Å². The van der Waals surface area contributed by atoms with Gasteiger partial charge in [0.15, 0.2) is 0 Å². The number of urea groups is 1. The first-order valence-corrected chi connectivity index (χ1v) is 16.8. The third kappa shape index (κ3) is 6.05. The minimum absolute atomic E-state index is 0.0195. The highest BCUT2D eigenvalue weighted by atomic mass is 32.2. The number of rotatable bonds is 11. The number of carbonyl (C=O) groups excluding carboxylic acids is 5. The molecule has 21 heteroatoms. The lowest BCUT2D eigenvalue weighted by atomic mass is 9.94. The predicted molar refractivity (Wildman–Crippen MR) is 167 cm³/mol. The van der Waals surface area contributed by atoms with Crippen LogP contribution in [-0.2, 0) is 24.0 Å². The van der Waals surface area contributed by atoms with Crippen LogP contribution in [0.2, 0.25) is 0 Å². The Balaban J connectivity index is 1.37. The molecule has 3 aliphatic heterocycles. The maximum atomic E-state index is 13.8. The van der Waals surface area contributed by atoms with Crippen molar-refractivity contribution < 1.29 is 54.1 Å². The minimum atomic E-state index is -2.24. The van der Waals surface area contributed by atoms with Crippen LogP contribution in [0.3, 0.4) is 0 Å². The third-order valence-electron chi connectivity index (χ3n) is 7.68. The molecule has 2 saturated heterocycles. The van der Waals surface area contributed by atoms with Gasteiger partial charge in [-0.15, -0.1) is 23.5 Å². The monoisotopic (exact) mass is 721 g/mol. The lowest BCUT2D eigenvalue weighted by Crippen LogP contribution is -2.85. The minimum Gasteiger partial charge on any atom is -0.492 e. The number of carboxylic acids is 2. The molecule has 0 saturated carbocycles. The number of likely N-dealkylation sites (N-methyl/N-ethyl adjacent to an activating group) is 1. The highest BCUT2D eigenvalue weighted by molar-refractivity contribution is 8.02. The molecular formula is C27H27N7O11S3. The Morgan fingerprint density at radius 2 is 1.79 bits per heavy atom. The molecule has 3 atom stereocenters. The van der Waals surface area contributed by atoms with Crippen molar-refractivity contribution in [3.8, 4) is 5.88 Å². The van der Waals surface area contributed by atoms with Crippen LogP contribution in [0.1, 0.15) is 28.9 Å². The summed E-state index contributed by atoms with van der Waals surface area (Å²) in [5.74, 6) is -7.74. The average molecular weight is 722 g/mol. The van der Waals surface area contributed by atoms with Crippen molar-refractivity contribution in [2.24, 2.45) is 0 Å². The number of piperazine rings is 1. The summed E-state index contributed by atoms with van der Waals surface area (Å²) in [6.45, 7) is 1.90. The average Bonchev–Trinajstić information content (AvgIpc) is 3.45. The van der Waals surface area contributed by atoms with Gasteiger partial charge in [-0.2, -0.15) is 9.85 Å². The van der Waals surface area contributed by atoms with Crippen molar-refractivity contribution in [2.75, 3.05) is 31.1 Å². The maximum Gasteiger partial charge on any atom is 0.352 e. The Labute approximate surface area is 283 Å². The third-order valence-corrected chi connectivity index (χ3v) is 11.3. The van der Waals surface area contributed by atoms with E-state index in [-0.39, 0.29) is 46.5 Å². The molecule has 1 aromatic heterocycles. The maximum absolute atomic E-state index is 13.8. The Hall–Kier alpha value is -4.70.